The van der Waals surface area contributed by atoms with Crippen molar-refractivity contribution in [3.8, 4) is 0 Å². The zero-order valence-corrected chi connectivity index (χ0v) is 15.0. The van der Waals surface area contributed by atoms with Crippen LogP contribution in [0, 0.1) is 0 Å². The summed E-state index contributed by atoms with van der Waals surface area (Å²) in [6, 6.07) is 14.0. The lowest BCUT2D eigenvalue weighted by molar-refractivity contribution is -0.138. The number of benzene rings is 2. The Hall–Kier alpha value is -2.93. The van der Waals surface area contributed by atoms with E-state index in [4.69, 9.17) is 0 Å². The first-order valence-corrected chi connectivity index (χ1v) is 9.37. The van der Waals surface area contributed by atoms with Crippen molar-refractivity contribution in [2.75, 3.05) is 0 Å². The third-order valence-corrected chi connectivity index (χ3v) is 6.04. The van der Waals surface area contributed by atoms with Crippen LogP contribution >= 0.6 is 0 Å². The molecule has 1 atom stereocenters. The van der Waals surface area contributed by atoms with Gasteiger partial charge in [-0.05, 0) is 50.2 Å². The lowest BCUT2D eigenvalue weighted by Crippen LogP contribution is -2.20. The average molecular weight is 371 g/mol. The number of ketones is 1. The average Bonchev–Trinajstić information content (AvgIpc) is 3.00. The maximum Gasteiger partial charge on any atom is 0.312 e. The number of carboxylic acids is 1. The summed E-state index contributed by atoms with van der Waals surface area (Å²) in [6.07, 6.45) is 0. The smallest absolute Gasteiger partial charge is 0.312 e. The van der Waals surface area contributed by atoms with E-state index in [1.165, 1.54) is 44.2 Å². The molecule has 0 radical (unpaired) electrons. The lowest BCUT2D eigenvalue weighted by Gasteiger charge is -2.14. The Morgan fingerprint density at radius 1 is 1.04 bits per heavy atom. The van der Waals surface area contributed by atoms with Crippen molar-refractivity contribution in [3.63, 3.8) is 0 Å². The van der Waals surface area contributed by atoms with Crippen LogP contribution in [-0.2, 0) is 14.8 Å². The summed E-state index contributed by atoms with van der Waals surface area (Å²) in [5, 5.41) is 9.90. The van der Waals surface area contributed by atoms with E-state index in [1.54, 1.807) is 24.3 Å². The number of carboxylic acid groups (broad SMARTS) is 1. The number of carbonyl (C=O) groups excluding carboxylic acids is 1. The van der Waals surface area contributed by atoms with E-state index in [1.807, 2.05) is 0 Å². The van der Waals surface area contributed by atoms with Gasteiger partial charge in [-0.25, -0.2) is 12.4 Å². The minimum atomic E-state index is -4.00. The molecule has 0 spiro atoms. The molecule has 0 saturated heterocycles. The molecule has 0 amide bonds. The number of nitrogens with zero attached hydrogens (tertiary/aromatic N) is 1. The molecule has 2 aromatic carbocycles. The SMILES string of the molecule is CC(=O)c1ccc2c(c1)cc(C(C)C(=O)O)n2S(=O)(=O)c1ccccc1. The zero-order chi connectivity index (χ0) is 19.1. The normalized spacial score (nSPS) is 12.8. The Kier molecular flexibility index (Phi) is 4.41. The molecule has 134 valence electrons. The number of hydrogen-bond donors (Lipinski definition) is 1. The number of Topliss-reactive ketones (excluding diaryl/α,β-unsaturated/α-hetero) is 1. The molecule has 1 aromatic heterocycles. The van der Waals surface area contributed by atoms with Crippen molar-refractivity contribution >= 4 is 32.7 Å². The van der Waals surface area contributed by atoms with Crippen LogP contribution in [0.5, 0.6) is 0 Å². The van der Waals surface area contributed by atoms with Crippen molar-refractivity contribution in [2.24, 2.45) is 0 Å². The van der Waals surface area contributed by atoms with E-state index in [-0.39, 0.29) is 16.4 Å². The molecule has 0 aliphatic heterocycles. The van der Waals surface area contributed by atoms with Gasteiger partial charge < -0.3 is 5.11 Å². The van der Waals surface area contributed by atoms with Crippen LogP contribution in [-0.4, -0.2) is 29.2 Å². The van der Waals surface area contributed by atoms with Crippen LogP contribution in [0.25, 0.3) is 10.9 Å². The molecular weight excluding hydrogens is 354 g/mol. The first-order chi connectivity index (χ1) is 12.2. The molecule has 26 heavy (non-hydrogen) atoms. The predicted molar refractivity (Wildman–Crippen MR) is 97.0 cm³/mol. The van der Waals surface area contributed by atoms with Crippen LogP contribution in [0.4, 0.5) is 0 Å². The minimum Gasteiger partial charge on any atom is -0.481 e. The number of carbonyl (C=O) groups is 2. The molecule has 7 heteroatoms. The topological polar surface area (TPSA) is 93.4 Å². The first-order valence-electron chi connectivity index (χ1n) is 7.93. The largest absolute Gasteiger partial charge is 0.481 e. The van der Waals surface area contributed by atoms with Crippen molar-refractivity contribution in [3.05, 3.63) is 65.9 Å². The summed E-state index contributed by atoms with van der Waals surface area (Å²) in [4.78, 5) is 23.2. The lowest BCUT2D eigenvalue weighted by atomic mass is 10.1. The minimum absolute atomic E-state index is 0.0620. The van der Waals surface area contributed by atoms with Gasteiger partial charge in [-0.2, -0.15) is 0 Å². The summed E-state index contributed by atoms with van der Waals surface area (Å²) in [5.41, 5.74) is 0.903. The fourth-order valence-electron chi connectivity index (χ4n) is 2.82. The highest BCUT2D eigenvalue weighted by atomic mass is 32.2. The van der Waals surface area contributed by atoms with E-state index in [2.05, 4.69) is 0 Å². The molecular formula is C19H17NO5S. The Balaban J connectivity index is 2.36. The molecule has 6 nitrogen and oxygen atoms in total. The van der Waals surface area contributed by atoms with Gasteiger partial charge in [0.05, 0.1) is 16.3 Å². The van der Waals surface area contributed by atoms with Gasteiger partial charge >= 0.3 is 5.97 Å². The van der Waals surface area contributed by atoms with Crippen molar-refractivity contribution in [1.82, 2.24) is 3.97 Å². The van der Waals surface area contributed by atoms with Gasteiger partial charge in [0.25, 0.3) is 10.0 Å². The van der Waals surface area contributed by atoms with Crippen molar-refractivity contribution in [2.45, 2.75) is 24.7 Å². The number of aliphatic carboxylic acids is 1. The third kappa shape index (κ3) is 2.90. The summed E-state index contributed by atoms with van der Waals surface area (Å²) >= 11 is 0. The molecule has 0 bridgehead atoms. The van der Waals surface area contributed by atoms with Gasteiger partial charge in [-0.1, -0.05) is 18.2 Å². The van der Waals surface area contributed by atoms with Crippen LogP contribution in [0.2, 0.25) is 0 Å². The molecule has 1 N–H and O–H groups in total. The van der Waals surface area contributed by atoms with Crippen LogP contribution in [0.3, 0.4) is 0 Å². The number of rotatable bonds is 5. The fraction of sp³-hybridized carbons (Fsp3) is 0.158. The number of hydrogen-bond acceptors (Lipinski definition) is 4. The van der Waals surface area contributed by atoms with E-state index in [9.17, 15) is 23.1 Å². The zero-order valence-electron chi connectivity index (χ0n) is 14.2. The molecule has 3 aromatic rings. The molecule has 1 heterocycles. The summed E-state index contributed by atoms with van der Waals surface area (Å²) < 4.78 is 27.4. The molecule has 0 saturated carbocycles. The molecule has 1 unspecified atom stereocenters. The standard InChI is InChI=1S/C19H17NO5S/c1-12(19(22)23)18-11-15-10-14(13(2)21)8-9-17(15)20(18)26(24,25)16-6-4-3-5-7-16/h3-12H,1-2H3,(H,22,23). The highest BCUT2D eigenvalue weighted by Crippen LogP contribution is 2.31. The number of fused-ring (bicyclic) bond motifs is 1. The van der Waals surface area contributed by atoms with E-state index < -0.39 is 21.9 Å². The van der Waals surface area contributed by atoms with Gasteiger partial charge in [-0.15, -0.1) is 0 Å². The summed E-state index contributed by atoms with van der Waals surface area (Å²) in [5.74, 6) is -2.33. The Morgan fingerprint density at radius 3 is 2.27 bits per heavy atom. The first kappa shape index (κ1) is 17.9. The van der Waals surface area contributed by atoms with Gasteiger partial charge in [0.15, 0.2) is 5.78 Å². The summed E-state index contributed by atoms with van der Waals surface area (Å²) in [7, 11) is -4.00. The van der Waals surface area contributed by atoms with Crippen LogP contribution in [0.1, 0.15) is 35.8 Å². The van der Waals surface area contributed by atoms with Gasteiger partial charge in [0.1, 0.15) is 0 Å². The van der Waals surface area contributed by atoms with E-state index in [0.717, 1.165) is 3.97 Å². The molecule has 0 aliphatic carbocycles. The van der Waals surface area contributed by atoms with Crippen molar-refractivity contribution in [1.29, 1.82) is 0 Å². The van der Waals surface area contributed by atoms with E-state index >= 15 is 0 Å². The molecule has 3 rings (SSSR count). The van der Waals surface area contributed by atoms with Gasteiger partial charge in [0.2, 0.25) is 0 Å². The second kappa shape index (κ2) is 6.42. The Labute approximate surface area is 150 Å². The molecule has 0 fully saturated rings. The maximum absolute atomic E-state index is 13.2. The summed E-state index contributed by atoms with van der Waals surface area (Å²) in [6.45, 7) is 2.85. The second-order valence-corrected chi connectivity index (χ2v) is 7.83. The van der Waals surface area contributed by atoms with Crippen LogP contribution < -0.4 is 0 Å². The van der Waals surface area contributed by atoms with Gasteiger partial charge in [0, 0.05) is 16.6 Å². The Morgan fingerprint density at radius 2 is 1.69 bits per heavy atom. The third-order valence-electron chi connectivity index (χ3n) is 4.29. The maximum atomic E-state index is 13.2. The monoisotopic (exact) mass is 371 g/mol. The quantitative estimate of drug-likeness (QED) is 0.695. The number of aromatic nitrogens is 1. The second-order valence-electron chi connectivity index (χ2n) is 6.04. The highest BCUT2D eigenvalue weighted by molar-refractivity contribution is 7.90. The van der Waals surface area contributed by atoms with Crippen LogP contribution in [0.15, 0.2) is 59.5 Å². The van der Waals surface area contributed by atoms with E-state index in [0.29, 0.717) is 16.5 Å². The van der Waals surface area contributed by atoms with Crippen molar-refractivity contribution < 1.29 is 23.1 Å². The van der Waals surface area contributed by atoms with Gasteiger partial charge in [-0.3, -0.25) is 9.59 Å². The molecule has 0 aliphatic rings. The fourth-order valence-corrected chi connectivity index (χ4v) is 4.45. The predicted octanol–water partition coefficient (Wildman–Crippen LogP) is 3.27. The highest BCUT2D eigenvalue weighted by Gasteiger charge is 2.28. The Bertz CT molecular complexity index is 1110.